The van der Waals surface area contributed by atoms with Crippen LogP contribution >= 0.6 is 0 Å². The van der Waals surface area contributed by atoms with Crippen molar-refractivity contribution in [1.29, 1.82) is 0 Å². The fraction of sp³-hybridized carbons (Fsp3) is 0.417. The maximum atomic E-state index is 11.1. The minimum atomic E-state index is -0.144. The molecule has 0 amide bonds. The predicted octanol–water partition coefficient (Wildman–Crippen LogP) is 1.67. The molecule has 4 nitrogen and oxygen atoms in total. The number of benzene rings is 1. The van der Waals surface area contributed by atoms with E-state index in [0.717, 1.165) is 11.0 Å². The van der Waals surface area contributed by atoms with Crippen LogP contribution in [0.5, 0.6) is 0 Å². The first kappa shape index (κ1) is 9.66. The van der Waals surface area contributed by atoms with Crippen molar-refractivity contribution >= 4 is 11.0 Å². The summed E-state index contributed by atoms with van der Waals surface area (Å²) in [4.78, 5) is 16.7. The van der Waals surface area contributed by atoms with Gasteiger partial charge in [-0.15, -0.1) is 0 Å². The number of aromatic amines is 2. The molecule has 1 aliphatic rings. The summed E-state index contributed by atoms with van der Waals surface area (Å²) in [5.41, 5.74) is 2.82. The number of hydrogen-bond acceptors (Lipinski definition) is 2. The molecule has 1 aromatic heterocycles. The molecule has 4 heteroatoms. The van der Waals surface area contributed by atoms with Crippen LogP contribution in [0, 0.1) is 0 Å². The van der Waals surface area contributed by atoms with Gasteiger partial charge in [0, 0.05) is 12.1 Å². The Balaban J connectivity index is 1.93. The Morgan fingerprint density at radius 2 is 2.06 bits per heavy atom. The van der Waals surface area contributed by atoms with Crippen LogP contribution in [0.25, 0.3) is 11.0 Å². The van der Waals surface area contributed by atoms with Gasteiger partial charge in [-0.05, 0) is 37.5 Å². The third kappa shape index (κ3) is 1.76. The first-order valence-electron chi connectivity index (χ1n) is 5.70. The van der Waals surface area contributed by atoms with Gasteiger partial charge >= 0.3 is 5.69 Å². The second-order valence-electron chi connectivity index (χ2n) is 4.55. The van der Waals surface area contributed by atoms with Crippen molar-refractivity contribution in [2.75, 3.05) is 0 Å². The normalized spacial score (nSPS) is 17.8. The van der Waals surface area contributed by atoms with E-state index in [1.165, 1.54) is 18.4 Å². The van der Waals surface area contributed by atoms with Gasteiger partial charge in [0.05, 0.1) is 11.0 Å². The van der Waals surface area contributed by atoms with Crippen molar-refractivity contribution in [3.8, 4) is 0 Å². The second-order valence-corrected chi connectivity index (χ2v) is 4.55. The lowest BCUT2D eigenvalue weighted by Crippen LogP contribution is -2.20. The van der Waals surface area contributed by atoms with Crippen molar-refractivity contribution in [3.63, 3.8) is 0 Å². The van der Waals surface area contributed by atoms with Crippen LogP contribution in [0.1, 0.15) is 31.4 Å². The Bertz CT molecular complexity index is 565. The van der Waals surface area contributed by atoms with Crippen molar-refractivity contribution in [2.45, 2.75) is 31.8 Å². The molecular weight excluding hydrogens is 202 g/mol. The molecule has 0 bridgehead atoms. The molecule has 16 heavy (non-hydrogen) atoms. The SMILES string of the molecule is CC(NC1CC1)c1ccc2[nH]c(=O)[nH]c2c1. The smallest absolute Gasteiger partial charge is 0.307 e. The van der Waals surface area contributed by atoms with Gasteiger partial charge in [0.1, 0.15) is 0 Å². The van der Waals surface area contributed by atoms with Crippen molar-refractivity contribution in [3.05, 3.63) is 34.2 Å². The molecule has 0 spiro atoms. The average Bonchev–Trinajstić information content (AvgIpc) is 2.96. The molecule has 0 saturated heterocycles. The Kier molecular flexibility index (Phi) is 2.11. The van der Waals surface area contributed by atoms with Crippen LogP contribution in [-0.4, -0.2) is 16.0 Å². The molecule has 0 aliphatic heterocycles. The van der Waals surface area contributed by atoms with Crippen LogP contribution in [-0.2, 0) is 0 Å². The molecule has 2 aromatic rings. The van der Waals surface area contributed by atoms with E-state index in [0.29, 0.717) is 12.1 Å². The number of H-pyrrole nitrogens is 2. The van der Waals surface area contributed by atoms with Gasteiger partial charge in [0.2, 0.25) is 0 Å². The molecule has 1 aromatic carbocycles. The van der Waals surface area contributed by atoms with E-state index in [9.17, 15) is 4.79 Å². The van der Waals surface area contributed by atoms with Gasteiger partial charge in [0.15, 0.2) is 0 Å². The number of aromatic nitrogens is 2. The fourth-order valence-corrected chi connectivity index (χ4v) is 2.02. The molecular formula is C12H15N3O. The lowest BCUT2D eigenvalue weighted by Gasteiger charge is -2.13. The van der Waals surface area contributed by atoms with Gasteiger partial charge in [-0.25, -0.2) is 4.79 Å². The minimum Gasteiger partial charge on any atom is -0.307 e. The van der Waals surface area contributed by atoms with Crippen molar-refractivity contribution < 1.29 is 0 Å². The highest BCUT2D eigenvalue weighted by Crippen LogP contribution is 2.24. The summed E-state index contributed by atoms with van der Waals surface area (Å²) < 4.78 is 0. The first-order valence-corrected chi connectivity index (χ1v) is 5.70. The summed E-state index contributed by atoms with van der Waals surface area (Å²) in [6, 6.07) is 7.08. The summed E-state index contributed by atoms with van der Waals surface area (Å²) in [6.07, 6.45) is 2.57. The number of nitrogens with one attached hydrogen (secondary N) is 3. The van der Waals surface area contributed by atoms with Crippen LogP contribution in [0.2, 0.25) is 0 Å². The van der Waals surface area contributed by atoms with Gasteiger partial charge < -0.3 is 15.3 Å². The van der Waals surface area contributed by atoms with E-state index in [1.807, 2.05) is 12.1 Å². The van der Waals surface area contributed by atoms with Gasteiger partial charge in [-0.1, -0.05) is 6.07 Å². The van der Waals surface area contributed by atoms with E-state index in [2.05, 4.69) is 28.3 Å². The maximum Gasteiger partial charge on any atom is 0.323 e. The molecule has 3 rings (SSSR count). The molecule has 1 fully saturated rings. The monoisotopic (exact) mass is 217 g/mol. The number of imidazole rings is 1. The van der Waals surface area contributed by atoms with Crippen LogP contribution in [0.3, 0.4) is 0 Å². The van der Waals surface area contributed by atoms with Crippen LogP contribution < -0.4 is 11.0 Å². The Hall–Kier alpha value is -1.55. The molecule has 1 heterocycles. The fourth-order valence-electron chi connectivity index (χ4n) is 2.02. The van der Waals surface area contributed by atoms with Crippen LogP contribution in [0.4, 0.5) is 0 Å². The number of hydrogen-bond donors (Lipinski definition) is 3. The Labute approximate surface area is 93.1 Å². The summed E-state index contributed by atoms with van der Waals surface area (Å²) in [5, 5.41) is 3.54. The molecule has 0 radical (unpaired) electrons. The first-order chi connectivity index (χ1) is 7.72. The zero-order chi connectivity index (χ0) is 11.1. The second kappa shape index (κ2) is 3.49. The van der Waals surface area contributed by atoms with E-state index >= 15 is 0 Å². The summed E-state index contributed by atoms with van der Waals surface area (Å²) in [6.45, 7) is 2.16. The van der Waals surface area contributed by atoms with E-state index in [-0.39, 0.29) is 5.69 Å². The highest BCUT2D eigenvalue weighted by atomic mass is 16.1. The molecule has 3 N–H and O–H groups in total. The highest BCUT2D eigenvalue weighted by molar-refractivity contribution is 5.75. The van der Waals surface area contributed by atoms with Gasteiger partial charge in [-0.2, -0.15) is 0 Å². The molecule has 1 saturated carbocycles. The quantitative estimate of drug-likeness (QED) is 0.732. The lowest BCUT2D eigenvalue weighted by molar-refractivity contribution is 0.571. The average molecular weight is 217 g/mol. The zero-order valence-corrected chi connectivity index (χ0v) is 9.21. The maximum absolute atomic E-state index is 11.1. The van der Waals surface area contributed by atoms with E-state index in [4.69, 9.17) is 0 Å². The third-order valence-corrected chi connectivity index (χ3v) is 3.10. The number of fused-ring (bicyclic) bond motifs is 1. The van der Waals surface area contributed by atoms with Gasteiger partial charge in [0.25, 0.3) is 0 Å². The van der Waals surface area contributed by atoms with Gasteiger partial charge in [-0.3, -0.25) is 0 Å². The van der Waals surface area contributed by atoms with Crippen LogP contribution in [0.15, 0.2) is 23.0 Å². The topological polar surface area (TPSA) is 60.7 Å². The Morgan fingerprint density at radius 1 is 1.31 bits per heavy atom. The molecule has 1 atom stereocenters. The van der Waals surface area contributed by atoms with Crippen molar-refractivity contribution in [2.24, 2.45) is 0 Å². The lowest BCUT2D eigenvalue weighted by atomic mass is 10.1. The van der Waals surface area contributed by atoms with E-state index in [1.54, 1.807) is 0 Å². The summed E-state index contributed by atoms with van der Waals surface area (Å²) in [7, 11) is 0. The largest absolute Gasteiger partial charge is 0.323 e. The van der Waals surface area contributed by atoms with E-state index < -0.39 is 0 Å². The zero-order valence-electron chi connectivity index (χ0n) is 9.21. The number of rotatable bonds is 3. The summed E-state index contributed by atoms with van der Waals surface area (Å²) in [5.74, 6) is 0. The summed E-state index contributed by atoms with van der Waals surface area (Å²) >= 11 is 0. The molecule has 1 aliphatic carbocycles. The molecule has 84 valence electrons. The minimum absolute atomic E-state index is 0.144. The molecule has 1 unspecified atom stereocenters. The Morgan fingerprint density at radius 3 is 2.81 bits per heavy atom. The third-order valence-electron chi connectivity index (χ3n) is 3.10. The van der Waals surface area contributed by atoms with Crippen molar-refractivity contribution in [1.82, 2.24) is 15.3 Å². The standard InChI is InChI=1S/C12H15N3O/c1-7(13-9-3-4-9)8-2-5-10-11(6-8)15-12(16)14-10/h2,5-7,9,13H,3-4H2,1H3,(H2,14,15,16). The predicted molar refractivity (Wildman–Crippen MR) is 63.5 cm³/mol. The highest BCUT2D eigenvalue weighted by Gasteiger charge is 2.23.